The molecule has 0 radical (unpaired) electrons. The average molecular weight is 275 g/mol. The van der Waals surface area contributed by atoms with E-state index >= 15 is 0 Å². The topological polar surface area (TPSA) is 66.8 Å². The summed E-state index contributed by atoms with van der Waals surface area (Å²) in [4.78, 5) is 24.7. The highest BCUT2D eigenvalue weighted by Crippen LogP contribution is 2.47. The summed E-state index contributed by atoms with van der Waals surface area (Å²) in [6, 6.07) is 8.65. The highest BCUT2D eigenvalue weighted by Gasteiger charge is 2.49. The second-order valence-electron chi connectivity index (χ2n) is 5.54. The number of hydrogen-bond donors (Lipinski definition) is 1. The van der Waals surface area contributed by atoms with E-state index in [1.165, 1.54) is 4.90 Å². The number of fused-ring (bicyclic) bond motifs is 1. The summed E-state index contributed by atoms with van der Waals surface area (Å²) in [5.41, 5.74) is 0.897. The number of carboxylic acid groups (broad SMARTS) is 1. The number of carbonyl (C=O) groups is 2. The van der Waals surface area contributed by atoms with Gasteiger partial charge in [0.25, 0.3) is 0 Å². The summed E-state index contributed by atoms with van der Waals surface area (Å²) in [5, 5.41) is 9.23. The minimum Gasteiger partial charge on any atom is -0.480 e. The molecule has 1 saturated heterocycles. The van der Waals surface area contributed by atoms with Gasteiger partial charge in [0.15, 0.2) is 0 Å². The molecule has 0 bridgehead atoms. The first kappa shape index (κ1) is 13.0. The predicted molar refractivity (Wildman–Crippen MR) is 71.0 cm³/mol. The first-order valence-electron chi connectivity index (χ1n) is 6.85. The standard InChI is InChI=1S/C15H17NO4/c17-14(18)13-7-11-6-12(11)8-16(13)15(19)20-9-10-4-2-1-3-5-10/h1-5,11-13H,6-9H2,(H,17,18)/t11-,12?,13+/m1/s1. The van der Waals surface area contributed by atoms with Crippen LogP contribution in [-0.2, 0) is 16.1 Å². The molecule has 1 aromatic rings. The Bertz CT molecular complexity index is 516. The van der Waals surface area contributed by atoms with Gasteiger partial charge in [0, 0.05) is 6.54 Å². The quantitative estimate of drug-likeness (QED) is 0.917. The van der Waals surface area contributed by atoms with Crippen molar-refractivity contribution in [3.63, 3.8) is 0 Å². The second-order valence-corrected chi connectivity index (χ2v) is 5.54. The van der Waals surface area contributed by atoms with E-state index < -0.39 is 18.1 Å². The minimum absolute atomic E-state index is 0.177. The molecule has 106 valence electrons. The van der Waals surface area contributed by atoms with Crippen LogP contribution in [0.1, 0.15) is 18.4 Å². The number of likely N-dealkylation sites (tertiary alicyclic amines) is 1. The van der Waals surface area contributed by atoms with Gasteiger partial charge in [0.05, 0.1) is 0 Å². The van der Waals surface area contributed by atoms with Crippen LogP contribution in [0.5, 0.6) is 0 Å². The Balaban J connectivity index is 1.61. The molecule has 2 aliphatic rings. The molecule has 1 unspecified atom stereocenters. The molecule has 1 aliphatic heterocycles. The van der Waals surface area contributed by atoms with E-state index in [-0.39, 0.29) is 6.61 Å². The number of aliphatic carboxylic acids is 1. The molecule has 3 atom stereocenters. The maximum absolute atomic E-state index is 12.1. The first-order valence-corrected chi connectivity index (χ1v) is 6.85. The number of amides is 1. The van der Waals surface area contributed by atoms with Gasteiger partial charge in [0.1, 0.15) is 12.6 Å². The van der Waals surface area contributed by atoms with E-state index in [1.54, 1.807) is 0 Å². The number of ether oxygens (including phenoxy) is 1. The van der Waals surface area contributed by atoms with E-state index in [9.17, 15) is 14.7 Å². The summed E-state index contributed by atoms with van der Waals surface area (Å²) >= 11 is 0. The third-order valence-corrected chi connectivity index (χ3v) is 4.13. The summed E-state index contributed by atoms with van der Waals surface area (Å²) in [7, 11) is 0. The van der Waals surface area contributed by atoms with E-state index in [1.807, 2.05) is 30.3 Å². The SMILES string of the molecule is O=C(O)[C@@H]1C[C@H]2CC2CN1C(=O)OCc1ccccc1. The fourth-order valence-corrected chi connectivity index (χ4v) is 2.85. The molecule has 5 nitrogen and oxygen atoms in total. The van der Waals surface area contributed by atoms with Gasteiger partial charge >= 0.3 is 12.1 Å². The van der Waals surface area contributed by atoms with Crippen molar-refractivity contribution in [1.29, 1.82) is 0 Å². The number of hydrogen-bond acceptors (Lipinski definition) is 3. The molecule has 3 rings (SSSR count). The van der Waals surface area contributed by atoms with E-state index in [4.69, 9.17) is 4.74 Å². The molecule has 20 heavy (non-hydrogen) atoms. The highest BCUT2D eigenvalue weighted by atomic mass is 16.6. The monoisotopic (exact) mass is 275 g/mol. The van der Waals surface area contributed by atoms with Crippen LogP contribution in [-0.4, -0.2) is 34.7 Å². The summed E-state index contributed by atoms with van der Waals surface area (Å²) in [5.74, 6) is 0.0103. The Morgan fingerprint density at radius 2 is 1.95 bits per heavy atom. The smallest absolute Gasteiger partial charge is 0.410 e. The van der Waals surface area contributed by atoms with Crippen LogP contribution in [0.25, 0.3) is 0 Å². The van der Waals surface area contributed by atoms with Gasteiger partial charge in [-0.05, 0) is 30.2 Å². The van der Waals surface area contributed by atoms with Gasteiger partial charge in [-0.15, -0.1) is 0 Å². The van der Waals surface area contributed by atoms with E-state index in [0.29, 0.717) is 24.8 Å². The van der Waals surface area contributed by atoms with Crippen LogP contribution in [0.15, 0.2) is 30.3 Å². The normalized spacial score (nSPS) is 27.6. The van der Waals surface area contributed by atoms with E-state index in [0.717, 1.165) is 12.0 Å². The molecule has 1 aromatic carbocycles. The van der Waals surface area contributed by atoms with Crippen molar-refractivity contribution in [1.82, 2.24) is 4.90 Å². The zero-order valence-corrected chi connectivity index (χ0v) is 11.1. The maximum Gasteiger partial charge on any atom is 0.410 e. The number of carboxylic acids is 1. The number of piperidine rings is 1. The van der Waals surface area contributed by atoms with Crippen molar-refractivity contribution >= 4 is 12.1 Å². The van der Waals surface area contributed by atoms with Crippen LogP contribution in [0.4, 0.5) is 4.79 Å². The van der Waals surface area contributed by atoms with Crippen LogP contribution < -0.4 is 0 Å². The van der Waals surface area contributed by atoms with Gasteiger partial charge in [0.2, 0.25) is 0 Å². The molecule has 0 aromatic heterocycles. The van der Waals surface area contributed by atoms with E-state index in [2.05, 4.69) is 0 Å². The largest absolute Gasteiger partial charge is 0.480 e. The number of rotatable bonds is 3. The van der Waals surface area contributed by atoms with Gasteiger partial charge in [-0.25, -0.2) is 9.59 Å². The van der Waals surface area contributed by atoms with Gasteiger partial charge in [-0.3, -0.25) is 4.90 Å². The average Bonchev–Trinajstić information content (AvgIpc) is 3.22. The van der Waals surface area contributed by atoms with Gasteiger partial charge in [-0.1, -0.05) is 30.3 Å². The zero-order chi connectivity index (χ0) is 14.1. The van der Waals surface area contributed by atoms with Crippen molar-refractivity contribution in [3.8, 4) is 0 Å². The van der Waals surface area contributed by atoms with Crippen molar-refractivity contribution in [3.05, 3.63) is 35.9 Å². The fourth-order valence-electron chi connectivity index (χ4n) is 2.85. The molecule has 1 amide bonds. The Kier molecular flexibility index (Phi) is 3.34. The van der Waals surface area contributed by atoms with Crippen LogP contribution in [0.3, 0.4) is 0 Å². The molecule has 1 N–H and O–H groups in total. The van der Waals surface area contributed by atoms with Crippen LogP contribution in [0, 0.1) is 11.8 Å². The fraction of sp³-hybridized carbons (Fsp3) is 0.467. The Labute approximate surface area is 117 Å². The number of nitrogens with zero attached hydrogens (tertiary/aromatic N) is 1. The van der Waals surface area contributed by atoms with Crippen molar-refractivity contribution in [2.75, 3.05) is 6.54 Å². The predicted octanol–water partition coefficient (Wildman–Crippen LogP) is 2.12. The molecule has 5 heteroatoms. The minimum atomic E-state index is -0.938. The molecule has 1 aliphatic carbocycles. The molecule has 1 saturated carbocycles. The second kappa shape index (κ2) is 5.15. The number of benzene rings is 1. The first-order chi connectivity index (χ1) is 9.65. The van der Waals surface area contributed by atoms with Crippen LogP contribution >= 0.6 is 0 Å². The lowest BCUT2D eigenvalue weighted by molar-refractivity contribution is -0.144. The van der Waals surface area contributed by atoms with Crippen LogP contribution in [0.2, 0.25) is 0 Å². The van der Waals surface area contributed by atoms with Gasteiger partial charge < -0.3 is 9.84 Å². The number of carbonyl (C=O) groups excluding carboxylic acids is 1. The lowest BCUT2D eigenvalue weighted by Crippen LogP contribution is -2.49. The molecule has 0 spiro atoms. The lowest BCUT2D eigenvalue weighted by atomic mass is 10.0. The third kappa shape index (κ3) is 2.61. The highest BCUT2D eigenvalue weighted by molar-refractivity contribution is 5.80. The maximum atomic E-state index is 12.1. The Morgan fingerprint density at radius 3 is 2.65 bits per heavy atom. The molecular weight excluding hydrogens is 258 g/mol. The Hall–Kier alpha value is -2.04. The summed E-state index contributed by atoms with van der Waals surface area (Å²) < 4.78 is 5.24. The molecule has 2 fully saturated rings. The lowest BCUT2D eigenvalue weighted by Gasteiger charge is -2.31. The third-order valence-electron chi connectivity index (χ3n) is 4.13. The van der Waals surface area contributed by atoms with Crippen molar-refractivity contribution < 1.29 is 19.4 Å². The van der Waals surface area contributed by atoms with Gasteiger partial charge in [-0.2, -0.15) is 0 Å². The molecular formula is C15H17NO4. The van der Waals surface area contributed by atoms with Crippen molar-refractivity contribution in [2.24, 2.45) is 11.8 Å². The zero-order valence-electron chi connectivity index (χ0n) is 11.1. The van der Waals surface area contributed by atoms with Crippen molar-refractivity contribution in [2.45, 2.75) is 25.5 Å². The molecule has 1 heterocycles. The summed E-state index contributed by atoms with van der Waals surface area (Å²) in [6.07, 6.45) is 1.07. The Morgan fingerprint density at radius 1 is 1.20 bits per heavy atom. The summed E-state index contributed by atoms with van der Waals surface area (Å²) in [6.45, 7) is 0.686.